The molecule has 3 rings (SSSR count). The number of carbonyl (C=O) groups is 1. The lowest BCUT2D eigenvalue weighted by Gasteiger charge is -2.32. The maximum Gasteiger partial charge on any atom is 0.434 e. The van der Waals surface area contributed by atoms with Crippen LogP contribution in [0, 0.1) is 12.8 Å². The van der Waals surface area contributed by atoms with Crippen LogP contribution in [-0.2, 0) is 6.18 Å². The highest BCUT2D eigenvalue weighted by Crippen LogP contribution is 2.34. The number of carbonyl (C=O) groups excluding carboxylic acids is 1. The number of piperidine rings is 1. The summed E-state index contributed by atoms with van der Waals surface area (Å²) in [5, 5.41) is 7.00. The molecule has 1 aromatic carbocycles. The Morgan fingerprint density at radius 1 is 1.21 bits per heavy atom. The van der Waals surface area contributed by atoms with Crippen molar-refractivity contribution in [3.05, 3.63) is 47.3 Å². The number of likely N-dealkylation sites (tertiary alicyclic amines) is 1. The van der Waals surface area contributed by atoms with Gasteiger partial charge in [-0.3, -0.25) is 4.79 Å². The van der Waals surface area contributed by atoms with Gasteiger partial charge in [-0.15, -0.1) is 0 Å². The van der Waals surface area contributed by atoms with Gasteiger partial charge in [0.1, 0.15) is 0 Å². The lowest BCUT2D eigenvalue weighted by atomic mass is 9.93. The molecule has 1 aromatic heterocycles. The summed E-state index contributed by atoms with van der Waals surface area (Å²) in [7, 11) is 1.89. The number of rotatable bonds is 5. The number of amides is 1. The first kappa shape index (κ1) is 20.4. The first-order valence-electron chi connectivity index (χ1n) is 9.47. The molecule has 0 atom stereocenters. The number of hydrogen-bond donors (Lipinski definition) is 1. The van der Waals surface area contributed by atoms with Crippen molar-refractivity contribution in [2.75, 3.05) is 26.7 Å². The lowest BCUT2D eigenvalue weighted by molar-refractivity contribution is -0.143. The Kier molecular flexibility index (Phi) is 6.07. The van der Waals surface area contributed by atoms with Gasteiger partial charge in [0.2, 0.25) is 0 Å². The van der Waals surface area contributed by atoms with Gasteiger partial charge in [0.05, 0.1) is 17.4 Å². The number of nitrogens with one attached hydrogen (secondary N) is 1. The van der Waals surface area contributed by atoms with Gasteiger partial charge >= 0.3 is 6.18 Å². The second-order valence-corrected chi connectivity index (χ2v) is 7.28. The van der Waals surface area contributed by atoms with Gasteiger partial charge in [0.15, 0.2) is 5.69 Å². The third-order valence-corrected chi connectivity index (χ3v) is 5.25. The smallest absolute Gasteiger partial charge is 0.339 e. The van der Waals surface area contributed by atoms with E-state index in [0.717, 1.165) is 42.2 Å². The van der Waals surface area contributed by atoms with E-state index in [2.05, 4.69) is 10.4 Å². The molecule has 0 spiro atoms. The summed E-state index contributed by atoms with van der Waals surface area (Å²) in [6.45, 7) is 3.70. The molecule has 1 aliphatic heterocycles. The number of nitrogens with zero attached hydrogens (tertiary/aromatic N) is 3. The molecule has 1 amide bonds. The highest BCUT2D eigenvalue weighted by molar-refractivity contribution is 5.95. The molecule has 2 aromatic rings. The molecule has 0 aliphatic carbocycles. The quantitative estimate of drug-likeness (QED) is 0.842. The topological polar surface area (TPSA) is 50.2 Å². The first-order chi connectivity index (χ1) is 13.3. The number of alkyl halides is 3. The van der Waals surface area contributed by atoms with E-state index >= 15 is 0 Å². The van der Waals surface area contributed by atoms with Gasteiger partial charge in [0.25, 0.3) is 5.91 Å². The Balaban J connectivity index is 1.84. The maximum atomic E-state index is 13.8. The SMILES string of the molecule is CNCCC1CCN(C(=O)c2cnn(-c3ccc(C)cc3)c2C(F)(F)F)CC1. The van der Waals surface area contributed by atoms with Crippen molar-refractivity contribution in [3.8, 4) is 5.69 Å². The Morgan fingerprint density at radius 3 is 2.43 bits per heavy atom. The van der Waals surface area contributed by atoms with E-state index in [1.165, 1.54) is 4.90 Å². The van der Waals surface area contributed by atoms with Crippen LogP contribution in [0.15, 0.2) is 30.5 Å². The summed E-state index contributed by atoms with van der Waals surface area (Å²) < 4.78 is 42.2. The minimum Gasteiger partial charge on any atom is -0.339 e. The molecule has 0 bridgehead atoms. The molecule has 0 unspecified atom stereocenters. The molecule has 5 nitrogen and oxygen atoms in total. The predicted molar refractivity (Wildman–Crippen MR) is 100 cm³/mol. The van der Waals surface area contributed by atoms with Crippen molar-refractivity contribution < 1.29 is 18.0 Å². The largest absolute Gasteiger partial charge is 0.434 e. The van der Waals surface area contributed by atoms with Crippen LogP contribution in [0.3, 0.4) is 0 Å². The van der Waals surface area contributed by atoms with Crippen LogP contribution >= 0.6 is 0 Å². The lowest BCUT2D eigenvalue weighted by Crippen LogP contribution is -2.39. The molecular formula is C20H25F3N4O. The molecule has 1 aliphatic rings. The predicted octanol–water partition coefficient (Wildman–Crippen LogP) is 3.66. The normalized spacial score (nSPS) is 15.8. The summed E-state index contributed by atoms with van der Waals surface area (Å²) in [5.41, 5.74) is -0.190. The minimum absolute atomic E-state index is 0.280. The zero-order chi connectivity index (χ0) is 20.3. The number of benzene rings is 1. The van der Waals surface area contributed by atoms with Crippen LogP contribution in [0.1, 0.15) is 40.9 Å². The van der Waals surface area contributed by atoms with Crippen molar-refractivity contribution in [1.82, 2.24) is 20.0 Å². The minimum atomic E-state index is -4.68. The van der Waals surface area contributed by atoms with Gasteiger partial charge in [0, 0.05) is 13.1 Å². The van der Waals surface area contributed by atoms with Crippen LogP contribution in [-0.4, -0.2) is 47.3 Å². The molecule has 8 heteroatoms. The highest BCUT2D eigenvalue weighted by atomic mass is 19.4. The Labute approximate surface area is 162 Å². The molecule has 152 valence electrons. The van der Waals surface area contributed by atoms with Gasteiger partial charge in [-0.2, -0.15) is 18.3 Å². The average Bonchev–Trinajstić information content (AvgIpc) is 3.12. The summed E-state index contributed by atoms with van der Waals surface area (Å²) >= 11 is 0. The van der Waals surface area contributed by atoms with Crippen LogP contribution in [0.25, 0.3) is 5.69 Å². The molecule has 0 radical (unpaired) electrons. The van der Waals surface area contributed by atoms with Crippen molar-refractivity contribution in [2.24, 2.45) is 5.92 Å². The van der Waals surface area contributed by atoms with Gasteiger partial charge in [-0.05, 0) is 57.8 Å². The van der Waals surface area contributed by atoms with Crippen molar-refractivity contribution in [1.29, 1.82) is 0 Å². The maximum absolute atomic E-state index is 13.8. The molecular weight excluding hydrogens is 369 g/mol. The Bertz CT molecular complexity index is 806. The van der Waals surface area contributed by atoms with Gasteiger partial charge in [-0.1, -0.05) is 17.7 Å². The van der Waals surface area contributed by atoms with E-state index < -0.39 is 17.8 Å². The Morgan fingerprint density at radius 2 is 1.86 bits per heavy atom. The molecule has 1 saturated heterocycles. The van der Waals surface area contributed by atoms with Crippen LogP contribution in [0.5, 0.6) is 0 Å². The fraction of sp³-hybridized carbons (Fsp3) is 0.500. The van der Waals surface area contributed by atoms with Crippen molar-refractivity contribution >= 4 is 5.91 Å². The average molecular weight is 394 g/mol. The van der Waals surface area contributed by atoms with E-state index in [1.807, 2.05) is 14.0 Å². The second-order valence-electron chi connectivity index (χ2n) is 7.28. The van der Waals surface area contributed by atoms with E-state index in [9.17, 15) is 18.0 Å². The van der Waals surface area contributed by atoms with Crippen molar-refractivity contribution in [2.45, 2.75) is 32.4 Å². The highest BCUT2D eigenvalue weighted by Gasteiger charge is 2.41. The van der Waals surface area contributed by atoms with E-state index in [0.29, 0.717) is 19.0 Å². The number of halogens is 3. The van der Waals surface area contributed by atoms with Gasteiger partial charge in [-0.25, -0.2) is 4.68 Å². The zero-order valence-corrected chi connectivity index (χ0v) is 16.1. The van der Waals surface area contributed by atoms with E-state index in [4.69, 9.17) is 0 Å². The molecule has 1 N–H and O–H groups in total. The third-order valence-electron chi connectivity index (χ3n) is 5.25. The standard InChI is InChI=1S/C20H25F3N4O/c1-14-3-5-16(6-4-14)27-18(20(21,22)23)17(13-25-27)19(28)26-11-8-15(9-12-26)7-10-24-2/h3-6,13,15,24H,7-12H2,1-2H3. The van der Waals surface area contributed by atoms with Crippen LogP contribution < -0.4 is 5.32 Å². The van der Waals surface area contributed by atoms with E-state index in [1.54, 1.807) is 24.3 Å². The molecule has 0 saturated carbocycles. The molecule has 28 heavy (non-hydrogen) atoms. The fourth-order valence-corrected chi connectivity index (χ4v) is 3.60. The third kappa shape index (κ3) is 4.38. The second kappa shape index (κ2) is 8.34. The summed E-state index contributed by atoms with van der Waals surface area (Å²) in [4.78, 5) is 14.4. The monoisotopic (exact) mass is 394 g/mol. The van der Waals surface area contributed by atoms with Crippen LogP contribution in [0.4, 0.5) is 13.2 Å². The summed E-state index contributed by atoms with van der Waals surface area (Å²) in [6.07, 6.45) is -1.02. The van der Waals surface area contributed by atoms with Crippen LogP contribution in [0.2, 0.25) is 0 Å². The van der Waals surface area contributed by atoms with Crippen molar-refractivity contribution in [3.63, 3.8) is 0 Å². The number of aromatic nitrogens is 2. The fourth-order valence-electron chi connectivity index (χ4n) is 3.60. The van der Waals surface area contributed by atoms with E-state index in [-0.39, 0.29) is 11.3 Å². The first-order valence-corrected chi connectivity index (χ1v) is 9.47. The number of hydrogen-bond acceptors (Lipinski definition) is 3. The number of aryl methyl sites for hydroxylation is 1. The van der Waals surface area contributed by atoms with Gasteiger partial charge < -0.3 is 10.2 Å². The molecule has 2 heterocycles. The summed E-state index contributed by atoms with van der Waals surface area (Å²) in [6, 6.07) is 6.57. The molecule has 1 fully saturated rings. The summed E-state index contributed by atoms with van der Waals surface area (Å²) in [5.74, 6) is -0.105. The Hall–Kier alpha value is -2.35. The zero-order valence-electron chi connectivity index (χ0n) is 16.1.